The summed E-state index contributed by atoms with van der Waals surface area (Å²) in [6.07, 6.45) is 5.31. The van der Waals surface area contributed by atoms with Gasteiger partial charge in [-0.05, 0) is 47.7 Å². The summed E-state index contributed by atoms with van der Waals surface area (Å²) >= 11 is 6.43. The maximum absolute atomic E-state index is 13.5. The van der Waals surface area contributed by atoms with Crippen molar-refractivity contribution in [2.45, 2.75) is 18.4 Å². The Bertz CT molecular complexity index is 1110. The topological polar surface area (TPSA) is 29.1 Å². The SMILES string of the molecule is O=C(c1ccccc1)c1cc(Cl)cc2c1N[C@H](c1ccc(F)cc1)[C@@H]1CC=C[C@H]21. The molecule has 0 saturated carbocycles. The number of hydrogen-bond donors (Lipinski definition) is 1. The van der Waals surface area contributed by atoms with Crippen molar-refractivity contribution >= 4 is 23.1 Å². The highest BCUT2D eigenvalue weighted by atomic mass is 35.5. The fraction of sp³-hybridized carbons (Fsp3) is 0.160. The van der Waals surface area contributed by atoms with E-state index < -0.39 is 0 Å². The predicted molar refractivity (Wildman–Crippen MR) is 114 cm³/mol. The minimum atomic E-state index is -0.252. The second-order valence-electron chi connectivity index (χ2n) is 7.64. The summed E-state index contributed by atoms with van der Waals surface area (Å²) in [7, 11) is 0. The van der Waals surface area contributed by atoms with Gasteiger partial charge in [-0.2, -0.15) is 0 Å². The van der Waals surface area contributed by atoms with Crippen LogP contribution >= 0.6 is 11.6 Å². The summed E-state index contributed by atoms with van der Waals surface area (Å²) < 4.78 is 13.5. The van der Waals surface area contributed by atoms with E-state index in [1.165, 1.54) is 12.1 Å². The number of hydrogen-bond acceptors (Lipinski definition) is 2. The van der Waals surface area contributed by atoms with Crippen LogP contribution in [-0.4, -0.2) is 5.78 Å². The van der Waals surface area contributed by atoms with Crippen molar-refractivity contribution in [1.82, 2.24) is 0 Å². The number of allylic oxidation sites excluding steroid dienone is 2. The predicted octanol–water partition coefficient (Wildman–Crippen LogP) is 6.54. The molecule has 144 valence electrons. The van der Waals surface area contributed by atoms with Gasteiger partial charge in [0.15, 0.2) is 5.78 Å². The first-order valence-electron chi connectivity index (χ1n) is 9.73. The maximum Gasteiger partial charge on any atom is 0.195 e. The number of fused-ring (bicyclic) bond motifs is 3. The standard InChI is InChI=1S/C25H19ClFNO/c26-17-13-21-19-7-4-8-20(19)23(15-9-11-18(27)12-10-15)28-24(21)22(14-17)25(29)16-5-2-1-3-6-16/h1-7,9-14,19-20,23,28H,8H2/t19-,20+,23+/m0/s1. The molecule has 1 aliphatic carbocycles. The van der Waals surface area contributed by atoms with Gasteiger partial charge in [-0.1, -0.05) is 66.2 Å². The molecule has 0 amide bonds. The van der Waals surface area contributed by atoms with E-state index in [1.54, 1.807) is 6.07 Å². The molecule has 1 aliphatic heterocycles. The molecule has 2 aliphatic rings. The number of ketones is 1. The van der Waals surface area contributed by atoms with Gasteiger partial charge in [-0.25, -0.2) is 4.39 Å². The molecule has 5 rings (SSSR count). The van der Waals surface area contributed by atoms with Gasteiger partial charge in [0.2, 0.25) is 0 Å². The van der Waals surface area contributed by atoms with Gasteiger partial charge >= 0.3 is 0 Å². The van der Waals surface area contributed by atoms with E-state index in [0.29, 0.717) is 22.1 Å². The molecule has 0 saturated heterocycles. The Balaban J connectivity index is 1.64. The summed E-state index contributed by atoms with van der Waals surface area (Å²) in [6, 6.07) is 19.5. The van der Waals surface area contributed by atoms with Crippen molar-refractivity contribution in [3.63, 3.8) is 0 Å². The van der Waals surface area contributed by atoms with Crippen LogP contribution in [0.3, 0.4) is 0 Å². The molecule has 3 atom stereocenters. The minimum Gasteiger partial charge on any atom is -0.377 e. The maximum atomic E-state index is 13.5. The Morgan fingerprint density at radius 1 is 1.03 bits per heavy atom. The van der Waals surface area contributed by atoms with Gasteiger partial charge in [0.05, 0.1) is 6.04 Å². The molecule has 0 bridgehead atoms. The van der Waals surface area contributed by atoms with Crippen molar-refractivity contribution in [2.24, 2.45) is 5.92 Å². The molecular formula is C25H19ClFNO. The van der Waals surface area contributed by atoms with Gasteiger partial charge in [-0.15, -0.1) is 0 Å². The van der Waals surface area contributed by atoms with Gasteiger partial charge in [0, 0.05) is 27.8 Å². The molecule has 29 heavy (non-hydrogen) atoms. The van der Waals surface area contributed by atoms with Crippen LogP contribution in [0.25, 0.3) is 0 Å². The fourth-order valence-electron chi connectivity index (χ4n) is 4.59. The molecule has 0 fully saturated rings. The number of halogens is 2. The number of carbonyl (C=O) groups is 1. The van der Waals surface area contributed by atoms with Crippen LogP contribution in [0, 0.1) is 11.7 Å². The average molecular weight is 404 g/mol. The largest absolute Gasteiger partial charge is 0.377 e. The quantitative estimate of drug-likeness (QED) is 0.397. The first kappa shape index (κ1) is 18.1. The van der Waals surface area contributed by atoms with Crippen LogP contribution < -0.4 is 5.32 Å². The zero-order chi connectivity index (χ0) is 20.0. The molecule has 1 heterocycles. The van der Waals surface area contributed by atoms with Gasteiger partial charge in [0.1, 0.15) is 5.82 Å². The van der Waals surface area contributed by atoms with E-state index in [-0.39, 0.29) is 23.6 Å². The highest BCUT2D eigenvalue weighted by Gasteiger charge is 2.39. The first-order valence-corrected chi connectivity index (χ1v) is 10.1. The lowest BCUT2D eigenvalue weighted by atomic mass is 9.76. The summed E-state index contributed by atoms with van der Waals surface area (Å²) in [5.41, 5.74) is 4.09. The highest BCUT2D eigenvalue weighted by molar-refractivity contribution is 6.31. The molecular weight excluding hydrogens is 385 g/mol. The Hall–Kier alpha value is -2.91. The third kappa shape index (κ3) is 3.16. The van der Waals surface area contributed by atoms with E-state index in [0.717, 1.165) is 23.2 Å². The monoisotopic (exact) mass is 403 g/mol. The molecule has 0 spiro atoms. The van der Waals surface area contributed by atoms with E-state index in [9.17, 15) is 9.18 Å². The number of carbonyl (C=O) groups excluding carboxylic acids is 1. The van der Waals surface area contributed by atoms with Crippen LogP contribution in [0.2, 0.25) is 5.02 Å². The van der Waals surface area contributed by atoms with Crippen LogP contribution in [-0.2, 0) is 0 Å². The summed E-state index contributed by atoms with van der Waals surface area (Å²) in [5.74, 6) is 0.154. The third-order valence-corrected chi connectivity index (χ3v) is 6.16. The Kier molecular flexibility index (Phi) is 4.48. The normalized spacial score (nSPS) is 21.9. The van der Waals surface area contributed by atoms with Crippen molar-refractivity contribution < 1.29 is 9.18 Å². The number of nitrogens with one attached hydrogen (secondary N) is 1. The lowest BCUT2D eigenvalue weighted by Gasteiger charge is -2.38. The van der Waals surface area contributed by atoms with Crippen molar-refractivity contribution in [3.8, 4) is 0 Å². The molecule has 0 radical (unpaired) electrons. The highest BCUT2D eigenvalue weighted by Crippen LogP contribution is 2.51. The molecule has 1 N–H and O–H groups in total. The number of benzene rings is 3. The number of rotatable bonds is 3. The zero-order valence-electron chi connectivity index (χ0n) is 15.6. The second kappa shape index (κ2) is 7.16. The van der Waals surface area contributed by atoms with E-state index >= 15 is 0 Å². The summed E-state index contributed by atoms with van der Waals surface area (Å²) in [6.45, 7) is 0. The first-order chi connectivity index (χ1) is 14.1. The Labute approximate surface area is 174 Å². The van der Waals surface area contributed by atoms with E-state index in [4.69, 9.17) is 11.6 Å². The zero-order valence-corrected chi connectivity index (χ0v) is 16.4. The molecule has 3 aromatic carbocycles. The number of anilines is 1. The van der Waals surface area contributed by atoms with E-state index in [1.807, 2.05) is 48.5 Å². The fourth-order valence-corrected chi connectivity index (χ4v) is 4.82. The molecule has 0 aromatic heterocycles. The van der Waals surface area contributed by atoms with Crippen molar-refractivity contribution in [2.75, 3.05) is 5.32 Å². The lowest BCUT2D eigenvalue weighted by molar-refractivity contribution is 0.103. The minimum absolute atomic E-state index is 0.00778. The molecule has 2 nitrogen and oxygen atoms in total. The Morgan fingerprint density at radius 3 is 2.55 bits per heavy atom. The molecule has 0 unspecified atom stereocenters. The smallest absolute Gasteiger partial charge is 0.195 e. The van der Waals surface area contributed by atoms with Gasteiger partial charge in [-0.3, -0.25) is 4.79 Å². The molecule has 3 aromatic rings. The second-order valence-corrected chi connectivity index (χ2v) is 8.08. The summed E-state index contributed by atoms with van der Waals surface area (Å²) in [5, 5.41) is 4.17. The van der Waals surface area contributed by atoms with Crippen molar-refractivity contribution in [1.29, 1.82) is 0 Å². The van der Waals surface area contributed by atoms with E-state index in [2.05, 4.69) is 17.5 Å². The van der Waals surface area contributed by atoms with Gasteiger partial charge < -0.3 is 5.32 Å². The van der Waals surface area contributed by atoms with Crippen LogP contribution in [0.4, 0.5) is 10.1 Å². The average Bonchev–Trinajstić information content (AvgIpc) is 3.24. The molecule has 4 heteroatoms. The summed E-state index contributed by atoms with van der Waals surface area (Å²) in [4.78, 5) is 13.3. The van der Waals surface area contributed by atoms with Crippen LogP contribution in [0.5, 0.6) is 0 Å². The van der Waals surface area contributed by atoms with Crippen LogP contribution in [0.15, 0.2) is 78.9 Å². The van der Waals surface area contributed by atoms with Crippen LogP contribution in [0.1, 0.15) is 45.4 Å². The Morgan fingerprint density at radius 2 is 1.79 bits per heavy atom. The lowest BCUT2D eigenvalue weighted by Crippen LogP contribution is -2.30. The van der Waals surface area contributed by atoms with Crippen molar-refractivity contribution in [3.05, 3.63) is 112 Å². The third-order valence-electron chi connectivity index (χ3n) is 5.94. The van der Waals surface area contributed by atoms with Gasteiger partial charge in [0.25, 0.3) is 0 Å².